The van der Waals surface area contributed by atoms with Gasteiger partial charge in [-0.25, -0.2) is 0 Å². The second-order valence-electron chi connectivity index (χ2n) is 5.85. The number of nitrogens with zero attached hydrogens (tertiary/aromatic N) is 3. The predicted octanol–water partition coefficient (Wildman–Crippen LogP) is 2.13. The molecule has 0 saturated carbocycles. The zero-order valence-electron chi connectivity index (χ0n) is 12.7. The van der Waals surface area contributed by atoms with Crippen molar-refractivity contribution in [1.29, 1.82) is 0 Å². The minimum absolute atomic E-state index is 0.0897. The van der Waals surface area contributed by atoms with E-state index in [1.54, 1.807) is 0 Å². The monoisotopic (exact) mass is 308 g/mol. The maximum absolute atomic E-state index is 5.53. The Balaban J connectivity index is 1.64. The molecule has 2 aromatic heterocycles. The molecule has 1 aromatic carbocycles. The summed E-state index contributed by atoms with van der Waals surface area (Å²) < 4.78 is 15.1. The molecule has 2 aliphatic heterocycles. The van der Waals surface area contributed by atoms with E-state index in [1.807, 2.05) is 24.0 Å². The zero-order chi connectivity index (χ0) is 15.4. The summed E-state index contributed by atoms with van der Waals surface area (Å²) >= 11 is 0. The molecular formula is C17H16N4O2. The van der Waals surface area contributed by atoms with Gasteiger partial charge in [-0.2, -0.15) is 5.10 Å². The van der Waals surface area contributed by atoms with Gasteiger partial charge in [-0.3, -0.25) is 4.68 Å². The van der Waals surface area contributed by atoms with Crippen molar-refractivity contribution in [2.24, 2.45) is 7.05 Å². The Labute approximate surface area is 133 Å². The summed E-state index contributed by atoms with van der Waals surface area (Å²) in [5, 5.41) is 8.01. The van der Waals surface area contributed by atoms with Crippen molar-refractivity contribution in [3.8, 4) is 17.3 Å². The average molecular weight is 308 g/mol. The van der Waals surface area contributed by atoms with Crippen molar-refractivity contribution in [3.63, 3.8) is 0 Å². The van der Waals surface area contributed by atoms with E-state index in [9.17, 15) is 0 Å². The van der Waals surface area contributed by atoms with E-state index in [0.717, 1.165) is 29.4 Å². The van der Waals surface area contributed by atoms with Gasteiger partial charge in [0.25, 0.3) is 0 Å². The van der Waals surface area contributed by atoms with E-state index in [-0.39, 0.29) is 6.04 Å². The van der Waals surface area contributed by atoms with E-state index in [1.165, 1.54) is 11.3 Å². The number of rotatable bonds is 1. The molecule has 0 spiro atoms. The van der Waals surface area contributed by atoms with Gasteiger partial charge in [0.15, 0.2) is 11.5 Å². The first kappa shape index (κ1) is 12.8. The number of hydrogen-bond acceptors (Lipinski definition) is 4. The van der Waals surface area contributed by atoms with Crippen molar-refractivity contribution in [2.45, 2.75) is 12.6 Å². The van der Waals surface area contributed by atoms with Gasteiger partial charge in [0.2, 0.25) is 6.79 Å². The van der Waals surface area contributed by atoms with E-state index in [0.29, 0.717) is 6.79 Å². The molecule has 1 N–H and O–H groups in total. The Bertz CT molecular complexity index is 896. The molecule has 0 radical (unpaired) electrons. The topological polar surface area (TPSA) is 53.2 Å². The second-order valence-corrected chi connectivity index (χ2v) is 5.85. The Morgan fingerprint density at radius 1 is 1.22 bits per heavy atom. The highest BCUT2D eigenvalue weighted by Crippen LogP contribution is 2.37. The Morgan fingerprint density at radius 2 is 2.13 bits per heavy atom. The zero-order valence-corrected chi connectivity index (χ0v) is 12.7. The molecule has 116 valence electrons. The first-order valence-corrected chi connectivity index (χ1v) is 7.63. The van der Waals surface area contributed by atoms with E-state index < -0.39 is 0 Å². The van der Waals surface area contributed by atoms with Gasteiger partial charge < -0.3 is 19.4 Å². The maximum atomic E-state index is 5.53. The largest absolute Gasteiger partial charge is 0.454 e. The van der Waals surface area contributed by atoms with Crippen molar-refractivity contribution in [1.82, 2.24) is 19.7 Å². The van der Waals surface area contributed by atoms with Gasteiger partial charge in [-0.15, -0.1) is 0 Å². The van der Waals surface area contributed by atoms with Gasteiger partial charge in [0.05, 0.1) is 12.2 Å². The number of aromatic nitrogens is 3. The minimum atomic E-state index is 0.0897. The average Bonchev–Trinajstić information content (AvgIpc) is 3.26. The fourth-order valence-corrected chi connectivity index (χ4v) is 3.43. The highest BCUT2D eigenvalue weighted by Gasteiger charge is 2.26. The van der Waals surface area contributed by atoms with Crippen molar-refractivity contribution in [3.05, 3.63) is 59.5 Å². The quantitative estimate of drug-likeness (QED) is 0.748. The number of aryl methyl sites for hydroxylation is 1. The smallest absolute Gasteiger partial charge is 0.231 e. The lowest BCUT2D eigenvalue weighted by molar-refractivity contribution is 0.174. The summed E-state index contributed by atoms with van der Waals surface area (Å²) in [4.78, 5) is 0. The molecule has 0 fully saturated rings. The highest BCUT2D eigenvalue weighted by atomic mass is 16.7. The van der Waals surface area contributed by atoms with Gasteiger partial charge >= 0.3 is 0 Å². The molecule has 4 heterocycles. The highest BCUT2D eigenvalue weighted by molar-refractivity contribution is 5.48. The fourth-order valence-electron chi connectivity index (χ4n) is 3.43. The van der Waals surface area contributed by atoms with Crippen LogP contribution in [-0.4, -0.2) is 21.1 Å². The van der Waals surface area contributed by atoms with Gasteiger partial charge in [-0.1, -0.05) is 6.07 Å². The molecule has 6 nitrogen and oxygen atoms in total. The van der Waals surface area contributed by atoms with Crippen LogP contribution in [0, 0.1) is 0 Å². The molecule has 0 bridgehead atoms. The summed E-state index contributed by atoms with van der Waals surface area (Å²) in [6.07, 6.45) is 4.01. The third kappa shape index (κ3) is 1.82. The fraction of sp³-hybridized carbons (Fsp3) is 0.235. The van der Waals surface area contributed by atoms with E-state index in [4.69, 9.17) is 9.47 Å². The lowest BCUT2D eigenvalue weighted by Gasteiger charge is -2.18. The lowest BCUT2D eigenvalue weighted by Crippen LogP contribution is -2.21. The SMILES string of the molecule is Cn1ncc2c1-n1cccc1C(c1ccc3c(c1)OCO3)NC2. The molecular weight excluding hydrogens is 292 g/mol. The number of benzene rings is 1. The van der Waals surface area contributed by atoms with Crippen LogP contribution >= 0.6 is 0 Å². The summed E-state index contributed by atoms with van der Waals surface area (Å²) in [7, 11) is 1.98. The van der Waals surface area contributed by atoms with Crippen LogP contribution in [0.3, 0.4) is 0 Å². The van der Waals surface area contributed by atoms with E-state index >= 15 is 0 Å². The van der Waals surface area contributed by atoms with Crippen LogP contribution in [0.1, 0.15) is 22.9 Å². The summed E-state index contributed by atoms with van der Waals surface area (Å²) in [5.41, 5.74) is 3.54. The third-order valence-electron chi connectivity index (χ3n) is 4.51. The molecule has 1 atom stereocenters. The van der Waals surface area contributed by atoms with Crippen LogP contribution in [0.4, 0.5) is 0 Å². The number of nitrogens with one attached hydrogen (secondary N) is 1. The van der Waals surface area contributed by atoms with Crippen LogP contribution in [0.2, 0.25) is 0 Å². The molecule has 6 heteroatoms. The lowest BCUT2D eigenvalue weighted by atomic mass is 10.0. The summed E-state index contributed by atoms with van der Waals surface area (Å²) in [6.45, 7) is 1.06. The first-order valence-electron chi connectivity index (χ1n) is 7.63. The Hall–Kier alpha value is -2.73. The number of hydrogen-bond donors (Lipinski definition) is 1. The molecule has 2 aliphatic rings. The molecule has 0 saturated heterocycles. The standard InChI is InChI=1S/C17H16N4O2/c1-20-17-12(9-19-20)8-18-16(13-3-2-6-21(13)17)11-4-5-14-15(7-11)23-10-22-14/h2-7,9,16,18H,8,10H2,1H3. The second kappa shape index (κ2) is 4.63. The van der Waals surface area contributed by atoms with Gasteiger partial charge in [-0.05, 0) is 29.8 Å². The Kier molecular flexibility index (Phi) is 2.57. The van der Waals surface area contributed by atoms with Crippen molar-refractivity contribution >= 4 is 0 Å². The van der Waals surface area contributed by atoms with Crippen molar-refractivity contribution in [2.75, 3.05) is 6.79 Å². The van der Waals surface area contributed by atoms with E-state index in [2.05, 4.69) is 45.4 Å². The predicted molar refractivity (Wildman–Crippen MR) is 83.8 cm³/mol. The molecule has 1 unspecified atom stereocenters. The molecule has 5 rings (SSSR count). The van der Waals surface area contributed by atoms with Crippen LogP contribution in [0.15, 0.2) is 42.7 Å². The van der Waals surface area contributed by atoms with Crippen molar-refractivity contribution < 1.29 is 9.47 Å². The summed E-state index contributed by atoms with van der Waals surface area (Å²) in [5.74, 6) is 2.73. The maximum Gasteiger partial charge on any atom is 0.231 e. The van der Waals surface area contributed by atoms with Gasteiger partial charge in [0.1, 0.15) is 5.82 Å². The summed E-state index contributed by atoms with van der Waals surface area (Å²) in [6, 6.07) is 10.4. The Morgan fingerprint density at radius 3 is 3.09 bits per heavy atom. The number of ether oxygens (including phenoxy) is 2. The molecule has 3 aromatic rings. The number of fused-ring (bicyclic) bond motifs is 4. The molecule has 0 amide bonds. The molecule has 0 aliphatic carbocycles. The third-order valence-corrected chi connectivity index (χ3v) is 4.51. The van der Waals surface area contributed by atoms with Crippen LogP contribution < -0.4 is 14.8 Å². The minimum Gasteiger partial charge on any atom is -0.454 e. The normalized spacial score (nSPS) is 18.4. The first-order chi connectivity index (χ1) is 11.3. The van der Waals surface area contributed by atoms with Crippen LogP contribution in [0.25, 0.3) is 5.82 Å². The van der Waals surface area contributed by atoms with Gasteiger partial charge in [0, 0.05) is 31.0 Å². The molecule has 23 heavy (non-hydrogen) atoms. The van der Waals surface area contributed by atoms with Crippen LogP contribution in [-0.2, 0) is 13.6 Å². The van der Waals surface area contributed by atoms with Crippen LogP contribution in [0.5, 0.6) is 11.5 Å².